The van der Waals surface area contributed by atoms with Crippen LogP contribution in [0.25, 0.3) is 0 Å². The number of hydrogen-bond acceptors (Lipinski definition) is 3. The van der Waals surface area contributed by atoms with Crippen LogP contribution in [0.1, 0.15) is 30.5 Å². The summed E-state index contributed by atoms with van der Waals surface area (Å²) in [5.74, 6) is 0.510. The maximum absolute atomic E-state index is 13.8. The van der Waals surface area contributed by atoms with E-state index in [9.17, 15) is 9.59 Å². The van der Waals surface area contributed by atoms with E-state index in [1.165, 1.54) is 0 Å². The highest BCUT2D eigenvalue weighted by Crippen LogP contribution is 2.26. The number of carbonyl (C=O) groups excluding carboxylic acids is 2. The van der Waals surface area contributed by atoms with E-state index < -0.39 is 6.04 Å². The Kier molecular flexibility index (Phi) is 10.2. The Morgan fingerprint density at radius 3 is 2.19 bits per heavy atom. The van der Waals surface area contributed by atoms with Crippen molar-refractivity contribution < 1.29 is 14.3 Å². The third kappa shape index (κ3) is 7.74. The first-order valence-electron chi connectivity index (χ1n) is 12.0. The van der Waals surface area contributed by atoms with Crippen LogP contribution in [-0.4, -0.2) is 36.4 Å². The van der Waals surface area contributed by atoms with Gasteiger partial charge in [-0.05, 0) is 46.9 Å². The van der Waals surface area contributed by atoms with Gasteiger partial charge in [0.05, 0.1) is 13.5 Å². The fourth-order valence-electron chi connectivity index (χ4n) is 3.90. The second kappa shape index (κ2) is 13.3. The van der Waals surface area contributed by atoms with Crippen molar-refractivity contribution in [1.29, 1.82) is 0 Å². The number of benzene rings is 3. The lowest BCUT2D eigenvalue weighted by Gasteiger charge is -2.32. The van der Waals surface area contributed by atoms with Crippen LogP contribution in [0.15, 0.2) is 72.8 Å². The van der Waals surface area contributed by atoms with Gasteiger partial charge in [-0.15, -0.1) is 0 Å². The summed E-state index contributed by atoms with van der Waals surface area (Å²) >= 11 is 12.8. The van der Waals surface area contributed by atoms with Crippen molar-refractivity contribution in [1.82, 2.24) is 10.2 Å². The molecule has 190 valence electrons. The van der Waals surface area contributed by atoms with Crippen LogP contribution in [0.3, 0.4) is 0 Å². The molecular formula is C29H32Cl2N2O3. The Morgan fingerprint density at radius 1 is 0.917 bits per heavy atom. The van der Waals surface area contributed by atoms with Crippen LogP contribution in [0, 0.1) is 5.92 Å². The Balaban J connectivity index is 2.01. The quantitative estimate of drug-likeness (QED) is 0.335. The van der Waals surface area contributed by atoms with Crippen molar-refractivity contribution in [3.63, 3.8) is 0 Å². The van der Waals surface area contributed by atoms with Crippen LogP contribution in [-0.2, 0) is 29.0 Å². The first-order chi connectivity index (χ1) is 17.3. The van der Waals surface area contributed by atoms with E-state index in [-0.39, 0.29) is 30.7 Å². The summed E-state index contributed by atoms with van der Waals surface area (Å²) in [4.78, 5) is 29.0. The molecule has 0 heterocycles. The van der Waals surface area contributed by atoms with Crippen LogP contribution < -0.4 is 10.1 Å². The minimum atomic E-state index is -0.730. The molecule has 0 saturated heterocycles. The summed E-state index contributed by atoms with van der Waals surface area (Å²) in [6.45, 7) is 4.81. The predicted molar refractivity (Wildman–Crippen MR) is 145 cm³/mol. The molecule has 0 fully saturated rings. The highest BCUT2D eigenvalue weighted by molar-refractivity contribution is 6.36. The maximum atomic E-state index is 13.8. The number of hydrogen-bond donors (Lipinski definition) is 1. The summed E-state index contributed by atoms with van der Waals surface area (Å²) in [7, 11) is 1.60. The molecule has 3 rings (SSSR count). The SMILES string of the molecule is COc1cccc(CN(C(=O)Cc2c(Cl)cccc2Cl)C(Cc2ccccc2)C(=O)NCC(C)C)c1. The predicted octanol–water partition coefficient (Wildman–Crippen LogP) is 5.96. The minimum absolute atomic E-state index is 0.0226. The van der Waals surface area contributed by atoms with Gasteiger partial charge in [0.1, 0.15) is 11.8 Å². The van der Waals surface area contributed by atoms with Gasteiger partial charge in [0, 0.05) is 29.6 Å². The average Bonchev–Trinajstić information content (AvgIpc) is 2.87. The number of methoxy groups -OCH3 is 1. The van der Waals surface area contributed by atoms with Crippen molar-refractivity contribution in [3.8, 4) is 5.75 Å². The van der Waals surface area contributed by atoms with Gasteiger partial charge < -0.3 is 15.0 Å². The second-order valence-corrected chi connectivity index (χ2v) is 9.91. The van der Waals surface area contributed by atoms with Crippen LogP contribution >= 0.6 is 23.2 Å². The highest BCUT2D eigenvalue weighted by Gasteiger charge is 2.31. The average molecular weight is 527 g/mol. The monoisotopic (exact) mass is 526 g/mol. The smallest absolute Gasteiger partial charge is 0.243 e. The molecule has 0 radical (unpaired) electrons. The molecule has 1 unspecified atom stereocenters. The van der Waals surface area contributed by atoms with Crippen molar-refractivity contribution in [2.45, 2.75) is 39.3 Å². The number of ether oxygens (including phenoxy) is 1. The molecule has 3 aromatic rings. The van der Waals surface area contributed by atoms with Gasteiger partial charge >= 0.3 is 0 Å². The molecule has 1 atom stereocenters. The van der Waals surface area contributed by atoms with Gasteiger partial charge in [0.15, 0.2) is 0 Å². The van der Waals surface area contributed by atoms with Crippen molar-refractivity contribution in [3.05, 3.63) is 99.5 Å². The normalized spacial score (nSPS) is 11.7. The van der Waals surface area contributed by atoms with Gasteiger partial charge in [0.2, 0.25) is 11.8 Å². The first kappa shape index (κ1) is 27.6. The van der Waals surface area contributed by atoms with Crippen molar-refractivity contribution >= 4 is 35.0 Å². The van der Waals surface area contributed by atoms with Crippen LogP contribution in [0.4, 0.5) is 0 Å². The van der Waals surface area contributed by atoms with Gasteiger partial charge in [-0.3, -0.25) is 9.59 Å². The molecule has 1 N–H and O–H groups in total. The van der Waals surface area contributed by atoms with Gasteiger partial charge in [-0.25, -0.2) is 0 Å². The maximum Gasteiger partial charge on any atom is 0.243 e. The van der Waals surface area contributed by atoms with E-state index in [1.807, 2.05) is 68.4 Å². The zero-order valence-corrected chi connectivity index (χ0v) is 22.4. The molecule has 0 aliphatic carbocycles. The molecule has 5 nitrogen and oxygen atoms in total. The molecule has 2 amide bonds. The van der Waals surface area contributed by atoms with Crippen molar-refractivity contribution in [2.24, 2.45) is 5.92 Å². The number of carbonyl (C=O) groups is 2. The molecule has 0 aliphatic rings. The molecule has 7 heteroatoms. The third-order valence-corrected chi connectivity index (χ3v) is 6.54. The first-order valence-corrected chi connectivity index (χ1v) is 12.7. The number of rotatable bonds is 11. The van der Waals surface area contributed by atoms with Gasteiger partial charge in [-0.1, -0.05) is 85.6 Å². The Bertz CT molecular complexity index is 1150. The van der Waals surface area contributed by atoms with E-state index in [0.717, 1.165) is 11.1 Å². The highest BCUT2D eigenvalue weighted by atomic mass is 35.5. The van der Waals surface area contributed by atoms with Gasteiger partial charge in [-0.2, -0.15) is 0 Å². The summed E-state index contributed by atoms with van der Waals surface area (Å²) in [5, 5.41) is 3.86. The number of amides is 2. The summed E-state index contributed by atoms with van der Waals surface area (Å²) < 4.78 is 5.37. The molecule has 36 heavy (non-hydrogen) atoms. The fraction of sp³-hybridized carbons (Fsp3) is 0.310. The molecular weight excluding hydrogens is 495 g/mol. The third-order valence-electron chi connectivity index (χ3n) is 5.83. The molecule has 0 saturated carbocycles. The van der Waals surface area contributed by atoms with Crippen molar-refractivity contribution in [2.75, 3.05) is 13.7 Å². The molecule has 3 aromatic carbocycles. The molecule has 0 spiro atoms. The Hall–Kier alpha value is -3.02. The van der Waals surface area contributed by atoms with E-state index in [2.05, 4.69) is 5.32 Å². The second-order valence-electron chi connectivity index (χ2n) is 9.09. The number of halogens is 2. The summed E-state index contributed by atoms with van der Waals surface area (Å²) in [5.41, 5.74) is 2.35. The van der Waals surface area contributed by atoms with E-state index in [4.69, 9.17) is 27.9 Å². The molecule has 0 aliphatic heterocycles. The zero-order valence-electron chi connectivity index (χ0n) is 20.8. The lowest BCUT2D eigenvalue weighted by atomic mass is 10.0. The lowest BCUT2D eigenvalue weighted by Crippen LogP contribution is -2.51. The van der Waals surface area contributed by atoms with E-state index in [1.54, 1.807) is 30.2 Å². The topological polar surface area (TPSA) is 58.6 Å². The molecule has 0 bridgehead atoms. The summed E-state index contributed by atoms with van der Waals surface area (Å²) in [6.07, 6.45) is 0.349. The van der Waals surface area contributed by atoms with Crippen LogP contribution in [0.5, 0.6) is 5.75 Å². The largest absolute Gasteiger partial charge is 0.497 e. The Labute approximate surface area is 223 Å². The standard InChI is InChI=1S/C29H32Cl2N2O3/c1-20(2)18-32-29(35)27(16-21-9-5-4-6-10-21)33(19-22-11-7-12-23(15-22)36-3)28(34)17-24-25(30)13-8-14-26(24)31/h4-15,20,27H,16-19H2,1-3H3,(H,32,35). The Morgan fingerprint density at radius 2 is 1.56 bits per heavy atom. The fourth-order valence-corrected chi connectivity index (χ4v) is 4.43. The van der Waals surface area contributed by atoms with Crippen LogP contribution in [0.2, 0.25) is 10.0 Å². The number of nitrogens with zero attached hydrogens (tertiary/aromatic N) is 1. The number of nitrogens with one attached hydrogen (secondary N) is 1. The van der Waals surface area contributed by atoms with Gasteiger partial charge in [0.25, 0.3) is 0 Å². The van der Waals surface area contributed by atoms with E-state index in [0.29, 0.717) is 34.3 Å². The lowest BCUT2D eigenvalue weighted by molar-refractivity contribution is -0.140. The molecule has 0 aromatic heterocycles. The minimum Gasteiger partial charge on any atom is -0.497 e. The van der Waals surface area contributed by atoms with E-state index >= 15 is 0 Å². The zero-order chi connectivity index (χ0) is 26.1. The summed E-state index contributed by atoms with van der Waals surface area (Å²) in [6, 6.07) is 21.6.